The number of imidazole rings is 1. The molecule has 2 aliphatic heterocycles. The zero-order valence-electron chi connectivity index (χ0n) is 19.3. The van der Waals surface area contributed by atoms with Gasteiger partial charge in [0.05, 0.1) is 23.1 Å². The Morgan fingerprint density at radius 2 is 2.14 bits per heavy atom. The predicted octanol–water partition coefficient (Wildman–Crippen LogP) is 3.70. The molecule has 3 aromatic heterocycles. The number of pyridine rings is 2. The first-order valence-corrected chi connectivity index (χ1v) is 11.8. The van der Waals surface area contributed by atoms with E-state index < -0.39 is 0 Å². The Bertz CT molecular complexity index is 1450. The Morgan fingerprint density at radius 1 is 1.26 bits per heavy atom. The fourth-order valence-electron chi connectivity index (χ4n) is 5.29. The fourth-order valence-corrected chi connectivity index (χ4v) is 5.29. The van der Waals surface area contributed by atoms with Crippen LogP contribution in [-0.2, 0) is 6.54 Å². The number of nitrogens with one attached hydrogen (secondary N) is 2. The van der Waals surface area contributed by atoms with Crippen LogP contribution in [0, 0.1) is 11.7 Å². The molecule has 178 valence electrons. The van der Waals surface area contributed by atoms with Gasteiger partial charge in [0, 0.05) is 43.5 Å². The molecule has 1 saturated heterocycles. The van der Waals surface area contributed by atoms with Crippen molar-refractivity contribution in [2.75, 3.05) is 23.3 Å². The van der Waals surface area contributed by atoms with Gasteiger partial charge in [-0.15, -0.1) is 0 Å². The number of rotatable bonds is 5. The third kappa shape index (κ3) is 3.59. The van der Waals surface area contributed by atoms with Gasteiger partial charge in [0.15, 0.2) is 0 Å². The van der Waals surface area contributed by atoms with Gasteiger partial charge in [-0.1, -0.05) is 19.1 Å². The number of hydrogen-bond acceptors (Lipinski definition) is 6. The number of amides is 1. The van der Waals surface area contributed by atoms with E-state index in [4.69, 9.17) is 10.7 Å². The van der Waals surface area contributed by atoms with Crippen molar-refractivity contribution in [1.82, 2.24) is 19.7 Å². The molecule has 0 bridgehead atoms. The molecule has 0 saturated carbocycles. The van der Waals surface area contributed by atoms with E-state index in [2.05, 4.69) is 27.4 Å². The van der Waals surface area contributed by atoms with E-state index in [9.17, 15) is 9.18 Å². The summed E-state index contributed by atoms with van der Waals surface area (Å²) in [6, 6.07) is 12.8. The van der Waals surface area contributed by atoms with Gasteiger partial charge in [-0.25, -0.2) is 14.4 Å². The lowest BCUT2D eigenvalue weighted by atomic mass is 9.99. The van der Waals surface area contributed by atoms with Crippen LogP contribution in [0.1, 0.15) is 29.3 Å². The number of benzene rings is 1. The largest absolute Gasteiger partial charge is 0.352 e. The maximum atomic E-state index is 13.6. The molecular formula is C26H26FN7O. The Kier molecular flexibility index (Phi) is 5.14. The molecule has 8 nitrogen and oxygen atoms in total. The van der Waals surface area contributed by atoms with Crippen molar-refractivity contribution in [2.24, 2.45) is 11.7 Å². The SMILES string of the molecule is C[C@H]1CCN(c2cccc(Nc3ccc(-c4cnc5cc(F)ccn45)c4c3C(=O)NC4)n2)[C@H]1CN. The normalized spacial score (nSPS) is 19.3. The van der Waals surface area contributed by atoms with E-state index >= 15 is 0 Å². The first kappa shape index (κ1) is 21.5. The molecular weight excluding hydrogens is 445 g/mol. The highest BCUT2D eigenvalue weighted by molar-refractivity contribution is 6.06. The number of hydrogen-bond donors (Lipinski definition) is 3. The number of nitrogens with zero attached hydrogens (tertiary/aromatic N) is 4. The Balaban J connectivity index is 1.36. The zero-order chi connectivity index (χ0) is 24.1. The van der Waals surface area contributed by atoms with Crippen molar-refractivity contribution >= 4 is 28.9 Å². The molecule has 2 aliphatic rings. The van der Waals surface area contributed by atoms with Gasteiger partial charge in [0.1, 0.15) is 23.1 Å². The minimum absolute atomic E-state index is 0.142. The second kappa shape index (κ2) is 8.35. The van der Waals surface area contributed by atoms with Crippen molar-refractivity contribution in [3.63, 3.8) is 0 Å². The third-order valence-electron chi connectivity index (χ3n) is 7.13. The van der Waals surface area contributed by atoms with Crippen molar-refractivity contribution in [3.8, 4) is 11.3 Å². The summed E-state index contributed by atoms with van der Waals surface area (Å²) in [5, 5.41) is 6.29. The highest BCUT2D eigenvalue weighted by atomic mass is 19.1. The van der Waals surface area contributed by atoms with Gasteiger partial charge >= 0.3 is 0 Å². The molecule has 0 aliphatic carbocycles. The third-order valence-corrected chi connectivity index (χ3v) is 7.13. The van der Waals surface area contributed by atoms with Gasteiger partial charge in [0.2, 0.25) is 0 Å². The van der Waals surface area contributed by atoms with Gasteiger partial charge < -0.3 is 21.3 Å². The van der Waals surface area contributed by atoms with Crippen LogP contribution in [0.25, 0.3) is 16.9 Å². The van der Waals surface area contributed by atoms with Gasteiger partial charge in [-0.05, 0) is 42.2 Å². The van der Waals surface area contributed by atoms with E-state index in [1.807, 2.05) is 34.7 Å². The molecule has 9 heteroatoms. The smallest absolute Gasteiger partial charge is 0.254 e. The van der Waals surface area contributed by atoms with Gasteiger partial charge in [-0.3, -0.25) is 9.20 Å². The lowest BCUT2D eigenvalue weighted by molar-refractivity contribution is 0.0966. The Labute approximate surface area is 202 Å². The lowest BCUT2D eigenvalue weighted by Crippen LogP contribution is -2.38. The zero-order valence-corrected chi connectivity index (χ0v) is 19.3. The average Bonchev–Trinajstić information content (AvgIpc) is 3.56. The van der Waals surface area contributed by atoms with Crippen LogP contribution < -0.4 is 21.3 Å². The summed E-state index contributed by atoms with van der Waals surface area (Å²) in [6.07, 6.45) is 4.45. The molecule has 35 heavy (non-hydrogen) atoms. The molecule has 1 aromatic carbocycles. The first-order valence-electron chi connectivity index (χ1n) is 11.8. The monoisotopic (exact) mass is 471 g/mol. The van der Waals surface area contributed by atoms with E-state index in [-0.39, 0.29) is 17.8 Å². The maximum absolute atomic E-state index is 13.6. The van der Waals surface area contributed by atoms with E-state index in [0.29, 0.717) is 41.7 Å². The van der Waals surface area contributed by atoms with Gasteiger partial charge in [0.25, 0.3) is 5.91 Å². The van der Waals surface area contributed by atoms with Gasteiger partial charge in [-0.2, -0.15) is 0 Å². The summed E-state index contributed by atoms with van der Waals surface area (Å²) < 4.78 is 15.5. The standard InChI is InChI=1S/C26H26FN7O/c1-15-7-9-33(20(15)12-28)23-4-2-3-22(32-23)31-19-6-5-17(18-13-30-26(35)25(18)19)21-14-29-24-11-16(27)8-10-34(21)24/h2-6,8,10-11,14-15,20H,7,9,12-13,28H2,1H3,(H,30,35)(H,31,32)/t15-,20-/m0/s1. The molecule has 0 unspecified atom stereocenters. The minimum atomic E-state index is -0.341. The van der Waals surface area contributed by atoms with Crippen LogP contribution in [0.2, 0.25) is 0 Å². The van der Waals surface area contributed by atoms with Crippen molar-refractivity contribution in [1.29, 1.82) is 0 Å². The number of aromatic nitrogens is 3. The van der Waals surface area contributed by atoms with E-state index in [1.54, 1.807) is 12.4 Å². The van der Waals surface area contributed by atoms with Crippen LogP contribution in [0.4, 0.5) is 21.7 Å². The molecule has 4 N–H and O–H groups in total. The highest BCUT2D eigenvalue weighted by Gasteiger charge is 2.31. The summed E-state index contributed by atoms with van der Waals surface area (Å²) in [5.74, 6) is 1.58. The first-order chi connectivity index (χ1) is 17.0. The van der Waals surface area contributed by atoms with Crippen LogP contribution >= 0.6 is 0 Å². The Hall–Kier alpha value is -3.98. The lowest BCUT2D eigenvalue weighted by Gasteiger charge is -2.27. The van der Waals surface area contributed by atoms with Crippen LogP contribution in [-0.4, -0.2) is 39.4 Å². The van der Waals surface area contributed by atoms with Crippen molar-refractivity contribution < 1.29 is 9.18 Å². The van der Waals surface area contributed by atoms with Crippen LogP contribution in [0.3, 0.4) is 0 Å². The summed E-state index contributed by atoms with van der Waals surface area (Å²) in [6.45, 7) is 4.15. The molecule has 6 rings (SSSR count). The van der Waals surface area contributed by atoms with Crippen LogP contribution in [0.15, 0.2) is 54.9 Å². The Morgan fingerprint density at radius 3 is 3.00 bits per heavy atom. The molecule has 2 atom stereocenters. The summed E-state index contributed by atoms with van der Waals surface area (Å²) >= 11 is 0. The number of fused-ring (bicyclic) bond motifs is 2. The second-order valence-electron chi connectivity index (χ2n) is 9.18. The number of halogens is 1. The molecule has 1 fully saturated rings. The number of carbonyl (C=O) groups is 1. The van der Waals surface area contributed by atoms with E-state index in [1.165, 1.54) is 12.1 Å². The summed E-state index contributed by atoms with van der Waals surface area (Å²) in [4.78, 5) is 24.3. The van der Waals surface area contributed by atoms with E-state index in [0.717, 1.165) is 35.6 Å². The molecule has 0 radical (unpaired) electrons. The molecule has 4 aromatic rings. The average molecular weight is 472 g/mol. The molecule has 1 amide bonds. The molecule has 0 spiro atoms. The number of anilines is 3. The highest BCUT2D eigenvalue weighted by Crippen LogP contribution is 2.36. The maximum Gasteiger partial charge on any atom is 0.254 e. The second-order valence-corrected chi connectivity index (χ2v) is 9.18. The quantitative estimate of drug-likeness (QED) is 0.410. The van der Waals surface area contributed by atoms with Crippen LogP contribution in [0.5, 0.6) is 0 Å². The predicted molar refractivity (Wildman–Crippen MR) is 133 cm³/mol. The summed E-state index contributed by atoms with van der Waals surface area (Å²) in [5.41, 5.74) is 10.4. The molecule has 5 heterocycles. The van der Waals surface area contributed by atoms with Crippen molar-refractivity contribution in [3.05, 3.63) is 71.8 Å². The number of nitrogens with two attached hydrogens (primary N) is 1. The van der Waals surface area contributed by atoms with Crippen molar-refractivity contribution in [2.45, 2.75) is 25.9 Å². The topological polar surface area (TPSA) is 101 Å². The fraction of sp³-hybridized carbons (Fsp3) is 0.269. The summed E-state index contributed by atoms with van der Waals surface area (Å²) in [7, 11) is 0. The number of carbonyl (C=O) groups excluding carboxylic acids is 1. The minimum Gasteiger partial charge on any atom is -0.352 e.